The zero-order valence-corrected chi connectivity index (χ0v) is 12.2. The molecule has 0 aliphatic rings. The van der Waals surface area contributed by atoms with Gasteiger partial charge < -0.3 is 4.52 Å². The Morgan fingerprint density at radius 1 is 1.19 bits per heavy atom. The Balaban J connectivity index is 2.38. The van der Waals surface area contributed by atoms with E-state index in [0.717, 1.165) is 35.2 Å². The average molecular weight is 283 g/mol. The van der Waals surface area contributed by atoms with Crippen molar-refractivity contribution in [3.8, 4) is 11.3 Å². The second-order valence-corrected chi connectivity index (χ2v) is 4.91. The average Bonchev–Trinajstić information content (AvgIpc) is 2.94. The van der Waals surface area contributed by atoms with E-state index < -0.39 is 0 Å². The molecule has 5 nitrogen and oxygen atoms in total. The molecule has 3 rings (SSSR count). The van der Waals surface area contributed by atoms with Gasteiger partial charge in [0.05, 0.1) is 5.39 Å². The fraction of sp³-hybridized carbons (Fsp3) is 0.312. The van der Waals surface area contributed by atoms with Crippen LogP contribution in [-0.4, -0.2) is 14.9 Å². The third-order valence-corrected chi connectivity index (χ3v) is 3.48. The fourth-order valence-corrected chi connectivity index (χ4v) is 2.46. The van der Waals surface area contributed by atoms with Gasteiger partial charge in [0.15, 0.2) is 5.52 Å². The van der Waals surface area contributed by atoms with E-state index in [9.17, 15) is 4.79 Å². The lowest BCUT2D eigenvalue weighted by atomic mass is 10.1. The number of hydrogen-bond donors (Lipinski definition) is 0. The number of aromatic nitrogens is 3. The predicted molar refractivity (Wildman–Crippen MR) is 81.2 cm³/mol. The van der Waals surface area contributed by atoms with Gasteiger partial charge in [-0.15, -0.1) is 0 Å². The number of aryl methyl sites for hydroxylation is 2. The second-order valence-electron chi connectivity index (χ2n) is 4.91. The molecule has 2 heterocycles. The Morgan fingerprint density at radius 3 is 2.62 bits per heavy atom. The van der Waals surface area contributed by atoms with Gasteiger partial charge in [-0.25, -0.2) is 4.68 Å². The van der Waals surface area contributed by atoms with E-state index in [0.29, 0.717) is 12.1 Å². The molecule has 2 aromatic heterocycles. The Hall–Kier alpha value is -2.43. The molecule has 0 unspecified atom stereocenters. The molecular weight excluding hydrogens is 266 g/mol. The first kappa shape index (κ1) is 13.5. The monoisotopic (exact) mass is 283 g/mol. The normalized spacial score (nSPS) is 11.1. The van der Waals surface area contributed by atoms with Crippen molar-refractivity contribution < 1.29 is 4.52 Å². The van der Waals surface area contributed by atoms with Crippen molar-refractivity contribution in [3.63, 3.8) is 0 Å². The zero-order valence-electron chi connectivity index (χ0n) is 12.2. The summed E-state index contributed by atoms with van der Waals surface area (Å²) >= 11 is 0. The number of nitrogens with zero attached hydrogens (tertiary/aromatic N) is 3. The largest absolute Gasteiger partial charge is 0.360 e. The third-order valence-electron chi connectivity index (χ3n) is 3.48. The smallest absolute Gasteiger partial charge is 0.296 e. The van der Waals surface area contributed by atoms with Crippen LogP contribution in [-0.2, 0) is 13.0 Å². The van der Waals surface area contributed by atoms with Gasteiger partial charge in [0.25, 0.3) is 5.56 Å². The minimum atomic E-state index is -0.196. The molecule has 0 saturated heterocycles. The highest BCUT2D eigenvalue weighted by atomic mass is 16.5. The first-order valence-electron chi connectivity index (χ1n) is 7.21. The van der Waals surface area contributed by atoms with Crippen molar-refractivity contribution in [1.82, 2.24) is 14.9 Å². The van der Waals surface area contributed by atoms with Gasteiger partial charge in [-0.05, 0) is 13.3 Å². The topological polar surface area (TPSA) is 60.9 Å². The van der Waals surface area contributed by atoms with Gasteiger partial charge in [0.1, 0.15) is 11.5 Å². The predicted octanol–water partition coefficient (Wildman–Crippen LogP) is 3.02. The van der Waals surface area contributed by atoms with E-state index >= 15 is 0 Å². The van der Waals surface area contributed by atoms with Gasteiger partial charge in [0.2, 0.25) is 0 Å². The van der Waals surface area contributed by atoms with Crippen LogP contribution in [0.5, 0.6) is 0 Å². The van der Waals surface area contributed by atoms with Crippen LogP contribution in [0.3, 0.4) is 0 Å². The maximum Gasteiger partial charge on any atom is 0.296 e. The third kappa shape index (κ3) is 2.24. The lowest BCUT2D eigenvalue weighted by Gasteiger charge is -2.07. The minimum Gasteiger partial charge on any atom is -0.360 e. The standard InChI is InChI=1S/C16H17N3O2/c1-3-8-12-13-14(11-9-6-5-7-10-11)17-19(4-2)16(20)15(13)18-21-12/h5-7,9-10H,3-4,8H2,1-2H3. The van der Waals surface area contributed by atoms with Gasteiger partial charge in [0, 0.05) is 18.5 Å². The van der Waals surface area contributed by atoms with Crippen molar-refractivity contribution in [1.29, 1.82) is 0 Å². The van der Waals surface area contributed by atoms with Gasteiger partial charge >= 0.3 is 0 Å². The molecule has 0 aliphatic heterocycles. The number of rotatable bonds is 4. The van der Waals surface area contributed by atoms with Crippen molar-refractivity contribution in [2.75, 3.05) is 0 Å². The van der Waals surface area contributed by atoms with Crippen LogP contribution < -0.4 is 5.56 Å². The van der Waals surface area contributed by atoms with Crippen molar-refractivity contribution >= 4 is 10.9 Å². The summed E-state index contributed by atoms with van der Waals surface area (Å²) in [5.41, 5.74) is 1.90. The molecule has 3 aromatic rings. The van der Waals surface area contributed by atoms with Crippen molar-refractivity contribution in [3.05, 3.63) is 46.4 Å². The Labute approximate surface area is 122 Å². The van der Waals surface area contributed by atoms with E-state index in [1.807, 2.05) is 37.3 Å². The summed E-state index contributed by atoms with van der Waals surface area (Å²) in [6.45, 7) is 4.46. The Bertz CT molecular complexity index is 819. The first-order valence-corrected chi connectivity index (χ1v) is 7.21. The molecule has 21 heavy (non-hydrogen) atoms. The van der Waals surface area contributed by atoms with Crippen LogP contribution in [0, 0.1) is 0 Å². The lowest BCUT2D eigenvalue weighted by Crippen LogP contribution is -2.23. The van der Waals surface area contributed by atoms with Gasteiger partial charge in [-0.1, -0.05) is 42.4 Å². The highest BCUT2D eigenvalue weighted by Gasteiger charge is 2.19. The lowest BCUT2D eigenvalue weighted by molar-refractivity contribution is 0.389. The van der Waals surface area contributed by atoms with E-state index in [1.165, 1.54) is 4.68 Å². The van der Waals surface area contributed by atoms with Crippen LogP contribution >= 0.6 is 0 Å². The molecular formula is C16H17N3O2. The van der Waals surface area contributed by atoms with E-state index in [4.69, 9.17) is 4.52 Å². The maximum atomic E-state index is 12.3. The van der Waals surface area contributed by atoms with Gasteiger partial charge in [-0.2, -0.15) is 5.10 Å². The van der Waals surface area contributed by atoms with Crippen LogP contribution in [0.2, 0.25) is 0 Å². The molecule has 0 aliphatic carbocycles. The fourth-order valence-electron chi connectivity index (χ4n) is 2.46. The molecule has 0 radical (unpaired) electrons. The van der Waals surface area contributed by atoms with Crippen LogP contribution in [0.15, 0.2) is 39.6 Å². The summed E-state index contributed by atoms with van der Waals surface area (Å²) in [5, 5.41) is 9.24. The molecule has 0 bridgehead atoms. The van der Waals surface area contributed by atoms with Crippen molar-refractivity contribution in [2.24, 2.45) is 0 Å². The molecule has 5 heteroatoms. The number of benzene rings is 1. The van der Waals surface area contributed by atoms with E-state index in [2.05, 4.69) is 17.2 Å². The summed E-state index contributed by atoms with van der Waals surface area (Å²) in [6.07, 6.45) is 1.67. The molecule has 0 amide bonds. The quantitative estimate of drug-likeness (QED) is 0.738. The van der Waals surface area contributed by atoms with E-state index in [1.54, 1.807) is 0 Å². The highest BCUT2D eigenvalue weighted by molar-refractivity contribution is 5.93. The Kier molecular flexibility index (Phi) is 3.56. The maximum absolute atomic E-state index is 12.3. The molecule has 0 fully saturated rings. The SMILES string of the molecule is CCCc1onc2c(=O)n(CC)nc(-c3ccccc3)c12. The number of fused-ring (bicyclic) bond motifs is 1. The molecule has 0 N–H and O–H groups in total. The molecule has 0 spiro atoms. The van der Waals surface area contributed by atoms with Crippen LogP contribution in [0.1, 0.15) is 26.0 Å². The highest BCUT2D eigenvalue weighted by Crippen LogP contribution is 2.28. The molecule has 0 atom stereocenters. The van der Waals surface area contributed by atoms with Gasteiger partial charge in [-0.3, -0.25) is 4.79 Å². The summed E-state index contributed by atoms with van der Waals surface area (Å²) < 4.78 is 6.83. The van der Waals surface area contributed by atoms with E-state index in [-0.39, 0.29) is 5.56 Å². The van der Waals surface area contributed by atoms with Crippen LogP contribution in [0.25, 0.3) is 22.2 Å². The molecule has 1 aromatic carbocycles. The molecule has 0 saturated carbocycles. The van der Waals surface area contributed by atoms with Crippen molar-refractivity contribution in [2.45, 2.75) is 33.2 Å². The minimum absolute atomic E-state index is 0.196. The second kappa shape index (κ2) is 5.52. The Morgan fingerprint density at radius 2 is 1.95 bits per heavy atom. The summed E-state index contributed by atoms with van der Waals surface area (Å²) in [7, 11) is 0. The number of hydrogen-bond acceptors (Lipinski definition) is 4. The zero-order chi connectivity index (χ0) is 14.8. The first-order chi connectivity index (χ1) is 10.3. The molecule has 108 valence electrons. The van der Waals surface area contributed by atoms with Crippen LogP contribution in [0.4, 0.5) is 0 Å². The summed E-state index contributed by atoms with van der Waals surface area (Å²) in [4.78, 5) is 12.3. The summed E-state index contributed by atoms with van der Waals surface area (Å²) in [6, 6.07) is 9.83. The summed E-state index contributed by atoms with van der Waals surface area (Å²) in [5.74, 6) is 0.735.